The molecule has 7 aromatic carbocycles. The van der Waals surface area contributed by atoms with Gasteiger partial charge in [-0.05, 0) is 30.3 Å². The summed E-state index contributed by atoms with van der Waals surface area (Å²) in [5.41, 5.74) is 10.5. The van der Waals surface area contributed by atoms with Gasteiger partial charge in [0.1, 0.15) is 0 Å². The highest BCUT2D eigenvalue weighted by molar-refractivity contribution is 6.15. The second-order valence-electron chi connectivity index (χ2n) is 13.3. The molecular formula is C49H32N6. The van der Waals surface area contributed by atoms with E-state index in [-0.39, 0.29) is 0 Å². The highest BCUT2D eigenvalue weighted by Crippen LogP contribution is 2.40. The molecule has 10 rings (SSSR count). The molecule has 6 heteroatoms. The molecule has 0 fully saturated rings. The normalized spacial score (nSPS) is 11.3. The fraction of sp³-hybridized carbons (Fsp3) is 0. The first-order chi connectivity index (χ1) is 27.3. The van der Waals surface area contributed by atoms with Gasteiger partial charge in [0.15, 0.2) is 23.3 Å². The van der Waals surface area contributed by atoms with Crippen LogP contribution in [0.15, 0.2) is 194 Å². The predicted octanol–water partition coefficient (Wildman–Crippen LogP) is 11.8. The molecule has 258 valence electrons. The Labute approximate surface area is 318 Å². The van der Waals surface area contributed by atoms with Crippen LogP contribution in [0, 0.1) is 0 Å². The molecule has 3 heterocycles. The van der Waals surface area contributed by atoms with Crippen molar-refractivity contribution in [1.82, 2.24) is 29.5 Å². The number of nitrogens with zero attached hydrogens (tertiary/aromatic N) is 6. The maximum atomic E-state index is 5.22. The van der Waals surface area contributed by atoms with Gasteiger partial charge in [-0.3, -0.25) is 0 Å². The van der Waals surface area contributed by atoms with Crippen LogP contribution in [-0.2, 0) is 0 Å². The molecule has 0 radical (unpaired) electrons. The Morgan fingerprint density at radius 2 is 0.745 bits per heavy atom. The van der Waals surface area contributed by atoms with Gasteiger partial charge in [0.2, 0.25) is 0 Å². The minimum absolute atomic E-state index is 0.612. The second-order valence-corrected chi connectivity index (χ2v) is 13.3. The van der Waals surface area contributed by atoms with Gasteiger partial charge < -0.3 is 4.57 Å². The van der Waals surface area contributed by atoms with Crippen molar-refractivity contribution in [1.29, 1.82) is 0 Å². The Morgan fingerprint density at radius 3 is 1.35 bits per heavy atom. The molecule has 0 aliphatic heterocycles. The van der Waals surface area contributed by atoms with Gasteiger partial charge in [0.25, 0.3) is 0 Å². The van der Waals surface area contributed by atoms with E-state index in [9.17, 15) is 0 Å². The highest BCUT2D eigenvalue weighted by atomic mass is 15.0. The molecule has 3 aromatic heterocycles. The Morgan fingerprint density at radius 1 is 0.309 bits per heavy atom. The number of hydrogen-bond donors (Lipinski definition) is 0. The predicted molar refractivity (Wildman–Crippen MR) is 222 cm³/mol. The molecule has 0 unspecified atom stereocenters. The molecule has 0 N–H and O–H groups in total. The lowest BCUT2D eigenvalue weighted by Crippen LogP contribution is -2.02. The maximum absolute atomic E-state index is 5.22. The van der Waals surface area contributed by atoms with E-state index < -0.39 is 0 Å². The van der Waals surface area contributed by atoms with Crippen LogP contribution in [0.4, 0.5) is 0 Å². The lowest BCUT2D eigenvalue weighted by Gasteiger charge is -2.15. The summed E-state index contributed by atoms with van der Waals surface area (Å²) in [5.74, 6) is 2.51. The standard InChI is InChI=1S/C49H32N6/c1-5-18-33(19-6-1)40-32-41(34-20-7-2-8-21-34)51-48(50-40)38-27-14-16-30-43(38)55-42-29-15-13-26-37(42)45-39(28-17-31-44(45)55)49-53-46(35-22-9-3-10-23-35)52-47(54-49)36-24-11-4-12-25-36/h1-32H. The summed E-state index contributed by atoms with van der Waals surface area (Å²) in [5, 5.41) is 2.15. The van der Waals surface area contributed by atoms with Crippen molar-refractivity contribution in [2.75, 3.05) is 0 Å². The van der Waals surface area contributed by atoms with Crippen LogP contribution in [0.25, 0.3) is 95.6 Å². The quantitative estimate of drug-likeness (QED) is 0.165. The number of aromatic nitrogens is 6. The molecule has 0 bridgehead atoms. The van der Waals surface area contributed by atoms with Gasteiger partial charge in [0, 0.05) is 44.2 Å². The zero-order chi connectivity index (χ0) is 36.6. The first-order valence-electron chi connectivity index (χ1n) is 18.3. The summed E-state index contributed by atoms with van der Waals surface area (Å²) in [6.07, 6.45) is 0. The van der Waals surface area contributed by atoms with E-state index >= 15 is 0 Å². The van der Waals surface area contributed by atoms with Crippen molar-refractivity contribution in [2.24, 2.45) is 0 Å². The SMILES string of the molecule is c1ccc(-c2cc(-c3ccccc3)nc(-c3ccccc3-n3c4ccccc4c4c(-c5nc(-c6ccccc6)nc(-c6ccccc6)n5)cccc43)n2)cc1. The van der Waals surface area contributed by atoms with Crippen LogP contribution in [0.2, 0.25) is 0 Å². The second kappa shape index (κ2) is 13.8. The Kier molecular flexibility index (Phi) is 8.04. The maximum Gasteiger partial charge on any atom is 0.164 e. The minimum atomic E-state index is 0.612. The molecule has 0 atom stereocenters. The summed E-state index contributed by atoms with van der Waals surface area (Å²) < 4.78 is 2.32. The van der Waals surface area contributed by atoms with Gasteiger partial charge in [-0.1, -0.05) is 164 Å². The average molecular weight is 705 g/mol. The van der Waals surface area contributed by atoms with Gasteiger partial charge >= 0.3 is 0 Å². The minimum Gasteiger partial charge on any atom is -0.308 e. The van der Waals surface area contributed by atoms with Gasteiger partial charge in [-0.15, -0.1) is 0 Å². The fourth-order valence-corrected chi connectivity index (χ4v) is 7.33. The molecule has 0 amide bonds. The third-order valence-corrected chi connectivity index (χ3v) is 9.89. The molecule has 0 aliphatic carbocycles. The van der Waals surface area contributed by atoms with Crippen molar-refractivity contribution in [3.63, 3.8) is 0 Å². The Bertz CT molecular complexity index is 2850. The lowest BCUT2D eigenvalue weighted by molar-refractivity contribution is 1.08. The number of fused-ring (bicyclic) bond motifs is 3. The smallest absolute Gasteiger partial charge is 0.164 e. The third kappa shape index (κ3) is 5.92. The first kappa shape index (κ1) is 32.1. The van der Waals surface area contributed by atoms with Crippen LogP contribution in [0.3, 0.4) is 0 Å². The first-order valence-corrected chi connectivity index (χ1v) is 18.3. The topological polar surface area (TPSA) is 69.4 Å². The van der Waals surface area contributed by atoms with Crippen molar-refractivity contribution >= 4 is 21.8 Å². The number of rotatable bonds is 7. The zero-order valence-corrected chi connectivity index (χ0v) is 29.7. The molecule has 0 spiro atoms. The third-order valence-electron chi connectivity index (χ3n) is 9.89. The fourth-order valence-electron chi connectivity index (χ4n) is 7.33. The van der Waals surface area contributed by atoms with E-state index in [1.165, 1.54) is 0 Å². The Hall–Kier alpha value is -7.57. The zero-order valence-electron chi connectivity index (χ0n) is 29.7. The molecule has 0 aliphatic rings. The molecule has 0 saturated heterocycles. The molecule has 10 aromatic rings. The van der Waals surface area contributed by atoms with E-state index in [4.69, 9.17) is 24.9 Å². The van der Waals surface area contributed by atoms with E-state index in [1.807, 2.05) is 97.1 Å². The summed E-state index contributed by atoms with van der Waals surface area (Å²) in [6, 6.07) is 66.1. The monoisotopic (exact) mass is 704 g/mol. The van der Waals surface area contributed by atoms with Crippen molar-refractivity contribution in [3.8, 4) is 73.8 Å². The molecule has 55 heavy (non-hydrogen) atoms. The summed E-state index contributed by atoms with van der Waals surface area (Å²) in [6.45, 7) is 0. The van der Waals surface area contributed by atoms with Crippen LogP contribution < -0.4 is 0 Å². The molecule has 0 saturated carbocycles. The van der Waals surface area contributed by atoms with Gasteiger partial charge in [-0.25, -0.2) is 24.9 Å². The van der Waals surface area contributed by atoms with E-state index in [1.54, 1.807) is 0 Å². The molecule has 6 nitrogen and oxygen atoms in total. The Balaban J connectivity index is 1.21. The number of para-hydroxylation sites is 2. The van der Waals surface area contributed by atoms with Crippen LogP contribution in [0.5, 0.6) is 0 Å². The van der Waals surface area contributed by atoms with Crippen LogP contribution in [0.1, 0.15) is 0 Å². The molecular weight excluding hydrogens is 673 g/mol. The number of benzene rings is 7. The van der Waals surface area contributed by atoms with Gasteiger partial charge in [-0.2, -0.15) is 0 Å². The van der Waals surface area contributed by atoms with Gasteiger partial charge in [0.05, 0.1) is 28.1 Å². The van der Waals surface area contributed by atoms with Crippen molar-refractivity contribution in [2.45, 2.75) is 0 Å². The highest BCUT2D eigenvalue weighted by Gasteiger charge is 2.22. The van der Waals surface area contributed by atoms with E-state index in [2.05, 4.69) is 102 Å². The average Bonchev–Trinajstić information content (AvgIpc) is 3.62. The lowest BCUT2D eigenvalue weighted by atomic mass is 10.1. The number of hydrogen-bond acceptors (Lipinski definition) is 5. The van der Waals surface area contributed by atoms with Crippen molar-refractivity contribution < 1.29 is 0 Å². The van der Waals surface area contributed by atoms with E-state index in [0.29, 0.717) is 23.3 Å². The summed E-state index contributed by atoms with van der Waals surface area (Å²) in [4.78, 5) is 25.7. The van der Waals surface area contributed by atoms with Crippen LogP contribution >= 0.6 is 0 Å². The summed E-state index contributed by atoms with van der Waals surface area (Å²) >= 11 is 0. The van der Waals surface area contributed by atoms with Crippen molar-refractivity contribution in [3.05, 3.63) is 194 Å². The summed E-state index contributed by atoms with van der Waals surface area (Å²) in [7, 11) is 0. The van der Waals surface area contributed by atoms with Crippen LogP contribution in [-0.4, -0.2) is 29.5 Å². The largest absolute Gasteiger partial charge is 0.308 e. The van der Waals surface area contributed by atoms with E-state index in [0.717, 1.165) is 72.3 Å².